The molecule has 1 aromatic rings. The molecule has 0 aromatic heterocycles. The van der Waals surface area contributed by atoms with Crippen LogP contribution in [0.4, 0.5) is 0 Å². The first-order chi connectivity index (χ1) is 9.86. The SMILES string of the molecule is CC(C)(C#N)N1CCN(C(=O)c2cccc(Cl)c2Cl)CC1. The van der Waals surface area contributed by atoms with Gasteiger partial charge in [0, 0.05) is 26.2 Å². The third-order valence-corrected chi connectivity index (χ3v) is 4.63. The maximum atomic E-state index is 12.5. The van der Waals surface area contributed by atoms with Gasteiger partial charge in [0.1, 0.15) is 5.54 Å². The number of nitrogens with zero attached hydrogens (tertiary/aromatic N) is 3. The summed E-state index contributed by atoms with van der Waals surface area (Å²) in [6.45, 7) is 6.27. The third kappa shape index (κ3) is 3.32. The minimum atomic E-state index is -0.511. The van der Waals surface area contributed by atoms with Crippen LogP contribution >= 0.6 is 23.2 Å². The van der Waals surface area contributed by atoms with Crippen LogP contribution in [0.5, 0.6) is 0 Å². The number of amides is 1. The molecular weight excluding hydrogens is 309 g/mol. The van der Waals surface area contributed by atoms with E-state index < -0.39 is 5.54 Å². The molecule has 0 aliphatic carbocycles. The summed E-state index contributed by atoms with van der Waals surface area (Å²) < 4.78 is 0. The Labute approximate surface area is 134 Å². The number of benzene rings is 1. The van der Waals surface area contributed by atoms with Crippen LogP contribution in [-0.4, -0.2) is 47.4 Å². The molecule has 21 heavy (non-hydrogen) atoms. The maximum Gasteiger partial charge on any atom is 0.255 e. The van der Waals surface area contributed by atoms with E-state index in [1.165, 1.54) is 0 Å². The molecule has 4 nitrogen and oxygen atoms in total. The number of piperazine rings is 1. The molecule has 0 N–H and O–H groups in total. The fraction of sp³-hybridized carbons (Fsp3) is 0.467. The van der Waals surface area contributed by atoms with E-state index in [1.807, 2.05) is 13.8 Å². The van der Waals surface area contributed by atoms with E-state index in [1.54, 1.807) is 23.1 Å². The predicted octanol–water partition coefficient (Wildman–Crippen LogP) is 3.05. The van der Waals surface area contributed by atoms with Gasteiger partial charge in [-0.2, -0.15) is 5.26 Å². The van der Waals surface area contributed by atoms with Crippen molar-refractivity contribution in [3.63, 3.8) is 0 Å². The van der Waals surface area contributed by atoms with Crippen LogP contribution in [0.1, 0.15) is 24.2 Å². The molecule has 1 aromatic carbocycles. The Hall–Kier alpha value is -1.28. The zero-order valence-corrected chi connectivity index (χ0v) is 13.6. The lowest BCUT2D eigenvalue weighted by Crippen LogP contribution is -2.55. The van der Waals surface area contributed by atoms with Crippen LogP contribution in [0.25, 0.3) is 0 Å². The Morgan fingerprint density at radius 2 is 1.86 bits per heavy atom. The van der Waals surface area contributed by atoms with Gasteiger partial charge >= 0.3 is 0 Å². The van der Waals surface area contributed by atoms with E-state index in [9.17, 15) is 4.79 Å². The molecule has 0 unspecified atom stereocenters. The third-order valence-electron chi connectivity index (χ3n) is 3.81. The largest absolute Gasteiger partial charge is 0.336 e. The Balaban J connectivity index is 2.08. The summed E-state index contributed by atoms with van der Waals surface area (Å²) in [5, 5.41) is 9.84. The summed E-state index contributed by atoms with van der Waals surface area (Å²) in [5.74, 6) is -0.114. The summed E-state index contributed by atoms with van der Waals surface area (Å²) in [7, 11) is 0. The second kappa shape index (κ2) is 6.23. The first-order valence-corrected chi connectivity index (χ1v) is 7.52. The summed E-state index contributed by atoms with van der Waals surface area (Å²) in [5.41, 5.74) is -0.0831. The van der Waals surface area contributed by atoms with Gasteiger partial charge in [-0.05, 0) is 26.0 Å². The fourth-order valence-corrected chi connectivity index (χ4v) is 2.76. The molecular formula is C15H17Cl2N3O. The van der Waals surface area contributed by atoms with Crippen LogP contribution in [0.3, 0.4) is 0 Å². The van der Waals surface area contributed by atoms with Crippen LogP contribution in [-0.2, 0) is 0 Å². The van der Waals surface area contributed by atoms with Crippen molar-refractivity contribution < 1.29 is 4.79 Å². The van der Waals surface area contributed by atoms with Gasteiger partial charge in [0.2, 0.25) is 0 Å². The lowest BCUT2D eigenvalue weighted by atomic mass is 10.0. The highest BCUT2D eigenvalue weighted by Crippen LogP contribution is 2.27. The predicted molar refractivity (Wildman–Crippen MR) is 83.6 cm³/mol. The monoisotopic (exact) mass is 325 g/mol. The van der Waals surface area contributed by atoms with E-state index in [4.69, 9.17) is 28.5 Å². The number of rotatable bonds is 2. The molecule has 0 saturated carbocycles. The van der Waals surface area contributed by atoms with Gasteiger partial charge in [0.05, 0.1) is 21.7 Å². The maximum absolute atomic E-state index is 12.5. The van der Waals surface area contributed by atoms with Crippen molar-refractivity contribution in [2.75, 3.05) is 26.2 Å². The molecule has 0 radical (unpaired) electrons. The molecule has 2 rings (SSSR count). The van der Waals surface area contributed by atoms with Gasteiger partial charge in [-0.25, -0.2) is 0 Å². The van der Waals surface area contributed by atoms with Crippen molar-refractivity contribution in [3.05, 3.63) is 33.8 Å². The molecule has 0 bridgehead atoms. The van der Waals surface area contributed by atoms with E-state index in [0.717, 1.165) is 0 Å². The van der Waals surface area contributed by atoms with Crippen molar-refractivity contribution in [1.29, 1.82) is 5.26 Å². The number of carbonyl (C=O) groups excluding carboxylic acids is 1. The summed E-state index contributed by atoms with van der Waals surface area (Å²) in [6.07, 6.45) is 0. The van der Waals surface area contributed by atoms with Crippen molar-refractivity contribution in [2.45, 2.75) is 19.4 Å². The quantitative estimate of drug-likeness (QED) is 0.839. The zero-order valence-electron chi connectivity index (χ0n) is 12.1. The normalized spacial score (nSPS) is 16.6. The number of nitriles is 1. The highest BCUT2D eigenvalue weighted by molar-refractivity contribution is 6.43. The Kier molecular flexibility index (Phi) is 4.77. The van der Waals surface area contributed by atoms with Gasteiger partial charge in [0.15, 0.2) is 0 Å². The van der Waals surface area contributed by atoms with Crippen molar-refractivity contribution in [3.8, 4) is 6.07 Å². The van der Waals surface area contributed by atoms with Gasteiger partial charge in [0.25, 0.3) is 5.91 Å². The number of carbonyl (C=O) groups is 1. The van der Waals surface area contributed by atoms with Crippen molar-refractivity contribution in [2.24, 2.45) is 0 Å². The van der Waals surface area contributed by atoms with Crippen LogP contribution in [0.15, 0.2) is 18.2 Å². The van der Waals surface area contributed by atoms with Crippen molar-refractivity contribution >= 4 is 29.1 Å². The Bertz CT molecular complexity index is 587. The molecule has 1 aliphatic heterocycles. The van der Waals surface area contributed by atoms with Crippen LogP contribution in [0.2, 0.25) is 10.0 Å². The van der Waals surface area contributed by atoms with Crippen LogP contribution < -0.4 is 0 Å². The van der Waals surface area contributed by atoms with E-state index >= 15 is 0 Å². The fourth-order valence-electron chi connectivity index (χ4n) is 2.38. The number of hydrogen-bond acceptors (Lipinski definition) is 3. The molecule has 6 heteroatoms. The topological polar surface area (TPSA) is 47.3 Å². The molecule has 112 valence electrons. The molecule has 0 atom stereocenters. The smallest absolute Gasteiger partial charge is 0.255 e. The average Bonchev–Trinajstić information content (AvgIpc) is 2.49. The standard InChI is InChI=1S/C15H17Cl2N3O/c1-15(2,10-18)20-8-6-19(7-9-20)14(21)11-4-3-5-12(16)13(11)17/h3-5H,6-9H2,1-2H3. The molecule has 1 aliphatic rings. The number of hydrogen-bond donors (Lipinski definition) is 0. The van der Waals surface area contributed by atoms with Crippen LogP contribution in [0, 0.1) is 11.3 Å². The minimum Gasteiger partial charge on any atom is -0.336 e. The van der Waals surface area contributed by atoms with E-state index in [-0.39, 0.29) is 5.91 Å². The van der Waals surface area contributed by atoms with Gasteiger partial charge in [-0.3, -0.25) is 9.69 Å². The molecule has 1 heterocycles. The summed E-state index contributed by atoms with van der Waals surface area (Å²) >= 11 is 12.0. The lowest BCUT2D eigenvalue weighted by molar-refractivity contribution is 0.0521. The Morgan fingerprint density at radius 1 is 1.24 bits per heavy atom. The molecule has 1 saturated heterocycles. The summed E-state index contributed by atoms with van der Waals surface area (Å²) in [6, 6.07) is 7.35. The van der Waals surface area contributed by atoms with Crippen molar-refractivity contribution in [1.82, 2.24) is 9.80 Å². The highest BCUT2D eigenvalue weighted by atomic mass is 35.5. The summed E-state index contributed by atoms with van der Waals surface area (Å²) in [4.78, 5) is 16.3. The van der Waals surface area contributed by atoms with Gasteiger partial charge < -0.3 is 4.90 Å². The van der Waals surface area contributed by atoms with E-state index in [0.29, 0.717) is 41.8 Å². The zero-order chi connectivity index (χ0) is 15.6. The van der Waals surface area contributed by atoms with Gasteiger partial charge in [-0.1, -0.05) is 29.3 Å². The highest BCUT2D eigenvalue weighted by Gasteiger charge is 2.31. The average molecular weight is 326 g/mol. The van der Waals surface area contributed by atoms with E-state index in [2.05, 4.69) is 11.0 Å². The number of halogens is 2. The minimum absolute atomic E-state index is 0.114. The molecule has 1 amide bonds. The first-order valence-electron chi connectivity index (χ1n) is 6.76. The second-order valence-corrected chi connectivity index (χ2v) is 6.34. The molecule has 1 fully saturated rings. The molecule has 0 spiro atoms. The second-order valence-electron chi connectivity index (χ2n) is 5.55. The van der Waals surface area contributed by atoms with Gasteiger partial charge in [-0.15, -0.1) is 0 Å². The Morgan fingerprint density at radius 3 is 2.43 bits per heavy atom. The first kappa shape index (κ1) is 16.1. The lowest BCUT2D eigenvalue weighted by Gasteiger charge is -2.40.